The Morgan fingerprint density at radius 1 is 0.636 bits per heavy atom. The molecular formula is C12H21I3N4O3. The van der Waals surface area contributed by atoms with E-state index in [1.54, 1.807) is 0 Å². The van der Waals surface area contributed by atoms with Gasteiger partial charge >= 0.3 is 0 Å². The van der Waals surface area contributed by atoms with Crippen LogP contribution in [0.15, 0.2) is 0 Å². The normalized spacial score (nSPS) is 10.4. The molecule has 0 aliphatic heterocycles. The fourth-order valence-corrected chi connectivity index (χ4v) is 2.35. The molecule has 128 valence electrons. The predicted molar refractivity (Wildman–Crippen MR) is 112 cm³/mol. The molecule has 0 heterocycles. The molecule has 0 spiro atoms. The van der Waals surface area contributed by atoms with Crippen molar-refractivity contribution >= 4 is 85.5 Å². The van der Waals surface area contributed by atoms with Gasteiger partial charge in [0.15, 0.2) is 0 Å². The molecule has 3 amide bonds. The van der Waals surface area contributed by atoms with Crippen LogP contribution in [-0.4, -0.2) is 75.2 Å². The van der Waals surface area contributed by atoms with E-state index < -0.39 is 0 Å². The van der Waals surface area contributed by atoms with Gasteiger partial charge in [-0.1, -0.05) is 67.8 Å². The average Bonchev–Trinajstić information content (AvgIpc) is 2.53. The lowest BCUT2D eigenvalue weighted by Gasteiger charge is -2.22. The number of rotatable bonds is 12. The molecule has 0 bridgehead atoms. The third-order valence-corrected chi connectivity index (χ3v) is 4.69. The van der Waals surface area contributed by atoms with Crippen LogP contribution in [0.1, 0.15) is 0 Å². The standard InChI is InChI=1S/C12H21I3N4O3/c13-7-10(20)16-1-4-19(5-2-17-11(21)8-14)6-3-18-12(22)9-15/h1-9H2,(H,16,20)(H,17,21)(H,18,22). The van der Waals surface area contributed by atoms with Gasteiger partial charge in [-0.3, -0.25) is 19.3 Å². The molecule has 0 aliphatic carbocycles. The largest absolute Gasteiger partial charge is 0.354 e. The summed E-state index contributed by atoms with van der Waals surface area (Å²) in [5.74, 6) is 0.0333. The Bertz CT molecular complexity index is 306. The molecule has 0 aromatic rings. The van der Waals surface area contributed by atoms with Gasteiger partial charge in [0.05, 0.1) is 13.3 Å². The lowest BCUT2D eigenvalue weighted by Crippen LogP contribution is -2.43. The van der Waals surface area contributed by atoms with Crippen LogP contribution in [0.5, 0.6) is 0 Å². The highest BCUT2D eigenvalue weighted by atomic mass is 127. The van der Waals surface area contributed by atoms with Crippen molar-refractivity contribution in [3.05, 3.63) is 0 Å². The van der Waals surface area contributed by atoms with Gasteiger partial charge in [0.25, 0.3) is 0 Å². The number of nitrogens with zero attached hydrogens (tertiary/aromatic N) is 1. The Labute approximate surface area is 171 Å². The summed E-state index contributed by atoms with van der Waals surface area (Å²) in [7, 11) is 0. The summed E-state index contributed by atoms with van der Waals surface area (Å²) < 4.78 is 1.32. The maximum atomic E-state index is 11.2. The Balaban J connectivity index is 4.09. The summed E-state index contributed by atoms with van der Waals surface area (Å²) in [6, 6.07) is 0. The molecule has 0 atom stereocenters. The van der Waals surface area contributed by atoms with Crippen molar-refractivity contribution in [3.63, 3.8) is 0 Å². The number of nitrogens with one attached hydrogen (secondary N) is 3. The first-order chi connectivity index (χ1) is 10.5. The third-order valence-electron chi connectivity index (χ3n) is 2.61. The summed E-state index contributed by atoms with van der Waals surface area (Å²) >= 11 is 6.05. The molecule has 0 unspecified atom stereocenters. The Morgan fingerprint density at radius 2 is 0.909 bits per heavy atom. The number of halogens is 3. The lowest BCUT2D eigenvalue weighted by molar-refractivity contribution is -0.119. The molecule has 0 aromatic heterocycles. The van der Waals surface area contributed by atoms with Gasteiger partial charge in [0.2, 0.25) is 17.7 Å². The van der Waals surface area contributed by atoms with Crippen LogP contribution < -0.4 is 16.0 Å². The van der Waals surface area contributed by atoms with Crippen molar-refractivity contribution in [1.82, 2.24) is 20.9 Å². The van der Waals surface area contributed by atoms with Crippen molar-refractivity contribution in [2.24, 2.45) is 0 Å². The maximum Gasteiger partial charge on any atom is 0.229 e. The second-order valence-electron chi connectivity index (χ2n) is 4.29. The average molecular weight is 650 g/mol. The lowest BCUT2D eigenvalue weighted by atomic mass is 10.4. The Hall–Kier alpha value is 0.560. The minimum Gasteiger partial charge on any atom is -0.354 e. The molecule has 0 fully saturated rings. The van der Waals surface area contributed by atoms with Crippen molar-refractivity contribution in [2.45, 2.75) is 0 Å². The maximum absolute atomic E-state index is 11.2. The van der Waals surface area contributed by atoms with Crippen molar-refractivity contribution in [2.75, 3.05) is 52.6 Å². The first kappa shape index (κ1) is 22.6. The number of hydrogen-bond acceptors (Lipinski definition) is 4. The molecule has 0 saturated carbocycles. The fourth-order valence-electron chi connectivity index (χ4n) is 1.54. The first-order valence-corrected chi connectivity index (χ1v) is 11.3. The zero-order chi connectivity index (χ0) is 16.8. The molecule has 0 saturated heterocycles. The number of carbonyl (C=O) groups is 3. The predicted octanol–water partition coefficient (Wildman–Crippen LogP) is -0.0580. The molecule has 22 heavy (non-hydrogen) atoms. The highest BCUT2D eigenvalue weighted by molar-refractivity contribution is 14.1. The van der Waals surface area contributed by atoms with Crippen LogP contribution >= 0.6 is 67.8 Å². The van der Waals surface area contributed by atoms with Crippen LogP contribution in [0.25, 0.3) is 0 Å². The second kappa shape index (κ2) is 15.1. The van der Waals surface area contributed by atoms with E-state index in [1.807, 2.05) is 67.8 Å². The van der Waals surface area contributed by atoms with E-state index in [9.17, 15) is 14.4 Å². The molecule has 0 rings (SSSR count). The van der Waals surface area contributed by atoms with Crippen LogP contribution in [0.4, 0.5) is 0 Å². The van der Waals surface area contributed by atoms with Crippen molar-refractivity contribution in [3.8, 4) is 0 Å². The van der Waals surface area contributed by atoms with E-state index in [1.165, 1.54) is 0 Å². The van der Waals surface area contributed by atoms with E-state index in [2.05, 4.69) is 20.9 Å². The van der Waals surface area contributed by atoms with Gasteiger partial charge < -0.3 is 16.0 Å². The minimum atomic E-state index is 0.0111. The van der Waals surface area contributed by atoms with E-state index >= 15 is 0 Å². The van der Waals surface area contributed by atoms with E-state index in [-0.39, 0.29) is 17.7 Å². The zero-order valence-electron chi connectivity index (χ0n) is 12.2. The SMILES string of the molecule is O=C(CI)NCCN(CCNC(=O)CI)CCNC(=O)CI. The van der Waals surface area contributed by atoms with Crippen molar-refractivity contribution in [1.29, 1.82) is 0 Å². The van der Waals surface area contributed by atoms with E-state index in [4.69, 9.17) is 0 Å². The molecule has 0 aliphatic rings. The summed E-state index contributed by atoms with van der Waals surface area (Å²) in [6.45, 7) is 3.72. The topological polar surface area (TPSA) is 90.5 Å². The van der Waals surface area contributed by atoms with Gasteiger partial charge in [-0.05, 0) is 0 Å². The molecule has 7 nitrogen and oxygen atoms in total. The summed E-state index contributed by atoms with van der Waals surface area (Å²) in [4.78, 5) is 35.8. The third kappa shape index (κ3) is 13.0. The molecule has 0 aromatic carbocycles. The highest BCUT2D eigenvalue weighted by Gasteiger charge is 2.07. The van der Waals surface area contributed by atoms with E-state index in [0.29, 0.717) is 52.6 Å². The van der Waals surface area contributed by atoms with Gasteiger partial charge in [-0.2, -0.15) is 0 Å². The smallest absolute Gasteiger partial charge is 0.229 e. The monoisotopic (exact) mass is 650 g/mol. The second-order valence-corrected chi connectivity index (χ2v) is 6.58. The summed E-state index contributed by atoms with van der Waals surface area (Å²) in [5.41, 5.74) is 0. The fraction of sp³-hybridized carbons (Fsp3) is 0.750. The summed E-state index contributed by atoms with van der Waals surface area (Å²) in [6.07, 6.45) is 0. The van der Waals surface area contributed by atoms with Gasteiger partial charge in [0.1, 0.15) is 0 Å². The Morgan fingerprint density at radius 3 is 1.14 bits per heavy atom. The molecule has 0 radical (unpaired) electrons. The van der Waals surface area contributed by atoms with Crippen LogP contribution in [0.3, 0.4) is 0 Å². The van der Waals surface area contributed by atoms with Gasteiger partial charge in [-0.15, -0.1) is 0 Å². The number of amides is 3. The number of alkyl halides is 3. The van der Waals surface area contributed by atoms with Crippen LogP contribution in [-0.2, 0) is 14.4 Å². The first-order valence-electron chi connectivity index (χ1n) is 6.73. The highest BCUT2D eigenvalue weighted by Crippen LogP contribution is 1.88. The molecule has 3 N–H and O–H groups in total. The Kier molecular flexibility index (Phi) is 15.5. The van der Waals surface area contributed by atoms with Crippen LogP contribution in [0.2, 0.25) is 0 Å². The quantitative estimate of drug-likeness (QED) is 0.204. The van der Waals surface area contributed by atoms with Crippen LogP contribution in [0, 0.1) is 0 Å². The number of hydrogen-bond donors (Lipinski definition) is 3. The number of carbonyl (C=O) groups excluding carboxylic acids is 3. The van der Waals surface area contributed by atoms with Gasteiger partial charge in [-0.25, -0.2) is 0 Å². The van der Waals surface area contributed by atoms with E-state index in [0.717, 1.165) is 0 Å². The molecule has 10 heteroatoms. The summed E-state index contributed by atoms with van der Waals surface area (Å²) in [5, 5.41) is 8.45. The van der Waals surface area contributed by atoms with Crippen molar-refractivity contribution < 1.29 is 14.4 Å². The van der Waals surface area contributed by atoms with Gasteiger partial charge in [0, 0.05) is 39.3 Å². The molecular weight excluding hydrogens is 629 g/mol. The zero-order valence-corrected chi connectivity index (χ0v) is 18.6. The minimum absolute atomic E-state index is 0.0111.